The Kier molecular flexibility index (Phi) is 5.59. The zero-order valence-electron chi connectivity index (χ0n) is 13.9. The second-order valence-corrected chi connectivity index (χ2v) is 6.20. The lowest BCUT2D eigenvalue weighted by atomic mass is 9.64. The average Bonchev–Trinajstić information content (AvgIpc) is 2.61. The van der Waals surface area contributed by atoms with Gasteiger partial charge in [-0.15, -0.1) is 0 Å². The molecule has 0 aliphatic heterocycles. The molecule has 1 fully saturated rings. The van der Waals surface area contributed by atoms with Crippen LogP contribution in [0.3, 0.4) is 0 Å². The van der Waals surface area contributed by atoms with E-state index in [-0.39, 0.29) is 18.8 Å². The van der Waals surface area contributed by atoms with Crippen LogP contribution in [0.2, 0.25) is 0 Å². The summed E-state index contributed by atoms with van der Waals surface area (Å²) in [6.45, 7) is 0. The van der Waals surface area contributed by atoms with Gasteiger partial charge in [0.05, 0.1) is 20.1 Å². The van der Waals surface area contributed by atoms with E-state index in [1.165, 1.54) is 14.2 Å². The van der Waals surface area contributed by atoms with Crippen LogP contribution in [0, 0.1) is 17.3 Å². The van der Waals surface area contributed by atoms with Crippen LogP contribution in [0.5, 0.6) is 0 Å². The number of carbonyl (C=O) groups is 3. The number of carboxylic acid groups (broad SMARTS) is 1. The summed E-state index contributed by atoms with van der Waals surface area (Å²) in [5.41, 5.74) is -0.489. The van der Waals surface area contributed by atoms with Gasteiger partial charge in [-0.05, 0) is 37.2 Å². The fourth-order valence-electron chi connectivity index (χ4n) is 3.57. The Bertz CT molecular complexity index is 593. The minimum atomic E-state index is -1.53. The van der Waals surface area contributed by atoms with Gasteiger partial charge in [0.1, 0.15) is 0 Å². The van der Waals surface area contributed by atoms with Crippen LogP contribution in [-0.2, 0) is 30.3 Å². The zero-order chi connectivity index (χ0) is 17.7. The van der Waals surface area contributed by atoms with E-state index in [0.717, 1.165) is 5.56 Å². The first-order valence-corrected chi connectivity index (χ1v) is 7.88. The first kappa shape index (κ1) is 18.0. The Labute approximate surface area is 140 Å². The summed E-state index contributed by atoms with van der Waals surface area (Å²) in [6.07, 6.45) is 1.17. The molecule has 0 unspecified atom stereocenters. The third-order valence-corrected chi connectivity index (χ3v) is 4.89. The van der Waals surface area contributed by atoms with Crippen LogP contribution in [-0.4, -0.2) is 37.2 Å². The molecule has 1 aliphatic rings. The molecule has 1 aliphatic carbocycles. The highest BCUT2D eigenvalue weighted by Crippen LogP contribution is 2.45. The summed E-state index contributed by atoms with van der Waals surface area (Å²) in [4.78, 5) is 36.2. The fraction of sp³-hybridized carbons (Fsp3) is 0.500. The molecule has 6 heteroatoms. The van der Waals surface area contributed by atoms with Crippen LogP contribution in [0.15, 0.2) is 30.3 Å². The van der Waals surface area contributed by atoms with Gasteiger partial charge in [0.25, 0.3) is 0 Å². The standard InChI is InChI=1S/C18H22O6/c1-23-16(21)18(17(22)24-2)9-8-13(14(11-18)15(19)20)10-12-6-4-3-5-7-12/h3-7,13-14H,8-11H2,1-2H3,(H,19,20)/t13-,14+/m1/s1. The van der Waals surface area contributed by atoms with Gasteiger partial charge in [-0.25, -0.2) is 0 Å². The van der Waals surface area contributed by atoms with Crippen LogP contribution >= 0.6 is 0 Å². The molecule has 0 spiro atoms. The van der Waals surface area contributed by atoms with E-state index in [9.17, 15) is 19.5 Å². The lowest BCUT2D eigenvalue weighted by molar-refractivity contribution is -0.176. The van der Waals surface area contributed by atoms with E-state index in [4.69, 9.17) is 9.47 Å². The van der Waals surface area contributed by atoms with Crippen LogP contribution in [0.1, 0.15) is 24.8 Å². The molecule has 2 atom stereocenters. The minimum Gasteiger partial charge on any atom is -0.481 e. The van der Waals surface area contributed by atoms with Crippen molar-refractivity contribution in [3.05, 3.63) is 35.9 Å². The van der Waals surface area contributed by atoms with Gasteiger partial charge in [0, 0.05) is 0 Å². The largest absolute Gasteiger partial charge is 0.481 e. The molecule has 1 saturated carbocycles. The maximum absolute atomic E-state index is 12.2. The Morgan fingerprint density at radius 2 is 1.71 bits per heavy atom. The van der Waals surface area contributed by atoms with Crippen LogP contribution in [0.4, 0.5) is 0 Å². The van der Waals surface area contributed by atoms with Crippen molar-refractivity contribution in [2.75, 3.05) is 14.2 Å². The van der Waals surface area contributed by atoms with Gasteiger partial charge in [0.15, 0.2) is 5.41 Å². The molecule has 0 heterocycles. The van der Waals surface area contributed by atoms with E-state index < -0.39 is 29.2 Å². The van der Waals surface area contributed by atoms with Crippen molar-refractivity contribution in [1.29, 1.82) is 0 Å². The molecule has 0 bridgehead atoms. The first-order chi connectivity index (χ1) is 11.4. The second kappa shape index (κ2) is 7.47. The molecule has 0 radical (unpaired) electrons. The van der Waals surface area contributed by atoms with Gasteiger partial charge >= 0.3 is 17.9 Å². The van der Waals surface area contributed by atoms with Crippen LogP contribution < -0.4 is 0 Å². The summed E-state index contributed by atoms with van der Waals surface area (Å²) in [7, 11) is 2.39. The Balaban J connectivity index is 2.27. The van der Waals surface area contributed by atoms with E-state index in [1.54, 1.807) is 0 Å². The third kappa shape index (κ3) is 3.42. The number of methoxy groups -OCH3 is 2. The quantitative estimate of drug-likeness (QED) is 0.655. The predicted octanol–water partition coefficient (Wildman–Crippen LogP) is 2.06. The van der Waals surface area contributed by atoms with Crippen LogP contribution in [0.25, 0.3) is 0 Å². The smallest absolute Gasteiger partial charge is 0.323 e. The lowest BCUT2D eigenvalue weighted by Gasteiger charge is -2.39. The average molecular weight is 334 g/mol. The van der Waals surface area contributed by atoms with Gasteiger partial charge < -0.3 is 14.6 Å². The molecular formula is C18H22O6. The summed E-state index contributed by atoms with van der Waals surface area (Å²) in [5.74, 6) is -3.41. The maximum atomic E-state index is 12.2. The predicted molar refractivity (Wildman–Crippen MR) is 85.1 cm³/mol. The highest BCUT2D eigenvalue weighted by atomic mass is 16.5. The number of benzene rings is 1. The number of rotatable bonds is 5. The highest BCUT2D eigenvalue weighted by Gasteiger charge is 2.55. The SMILES string of the molecule is COC(=O)C1(C(=O)OC)CC[C@H](Cc2ccccc2)[C@@H](C(=O)O)C1. The Morgan fingerprint density at radius 1 is 1.12 bits per heavy atom. The molecule has 0 amide bonds. The van der Waals surface area contributed by atoms with E-state index in [0.29, 0.717) is 12.8 Å². The number of esters is 2. The van der Waals surface area contributed by atoms with Gasteiger partial charge in [-0.2, -0.15) is 0 Å². The molecule has 1 aromatic carbocycles. The van der Waals surface area contributed by atoms with Crippen molar-refractivity contribution >= 4 is 17.9 Å². The monoisotopic (exact) mass is 334 g/mol. The number of carbonyl (C=O) groups excluding carboxylic acids is 2. The molecular weight excluding hydrogens is 312 g/mol. The number of ether oxygens (including phenoxy) is 2. The molecule has 24 heavy (non-hydrogen) atoms. The van der Waals surface area contributed by atoms with Crippen molar-refractivity contribution in [3.8, 4) is 0 Å². The first-order valence-electron chi connectivity index (χ1n) is 7.88. The summed E-state index contributed by atoms with van der Waals surface area (Å²) in [5, 5.41) is 9.62. The molecule has 1 aromatic rings. The number of carboxylic acids is 1. The topological polar surface area (TPSA) is 89.9 Å². The highest BCUT2D eigenvalue weighted by molar-refractivity contribution is 6.00. The van der Waals surface area contributed by atoms with Crippen molar-refractivity contribution < 1.29 is 29.0 Å². The summed E-state index contributed by atoms with van der Waals surface area (Å²) in [6, 6.07) is 9.60. The fourth-order valence-corrected chi connectivity index (χ4v) is 3.57. The molecule has 0 saturated heterocycles. The molecule has 2 rings (SSSR count). The van der Waals surface area contributed by atoms with Crippen molar-refractivity contribution in [2.24, 2.45) is 17.3 Å². The van der Waals surface area contributed by atoms with Crippen molar-refractivity contribution in [3.63, 3.8) is 0 Å². The van der Waals surface area contributed by atoms with E-state index in [2.05, 4.69) is 0 Å². The summed E-state index contributed by atoms with van der Waals surface area (Å²) >= 11 is 0. The number of hydrogen-bond acceptors (Lipinski definition) is 5. The third-order valence-electron chi connectivity index (χ3n) is 4.89. The normalized spacial score (nSPS) is 22.4. The van der Waals surface area contributed by atoms with Crippen molar-refractivity contribution in [1.82, 2.24) is 0 Å². The zero-order valence-corrected chi connectivity index (χ0v) is 13.9. The van der Waals surface area contributed by atoms with E-state index in [1.807, 2.05) is 30.3 Å². The second-order valence-electron chi connectivity index (χ2n) is 6.20. The minimum absolute atomic E-state index is 0.0980. The van der Waals surface area contributed by atoms with E-state index >= 15 is 0 Å². The molecule has 6 nitrogen and oxygen atoms in total. The lowest BCUT2D eigenvalue weighted by Crippen LogP contribution is -2.49. The maximum Gasteiger partial charge on any atom is 0.323 e. The summed E-state index contributed by atoms with van der Waals surface area (Å²) < 4.78 is 9.53. The Hall–Kier alpha value is -2.37. The molecule has 1 N–H and O–H groups in total. The van der Waals surface area contributed by atoms with Gasteiger partial charge in [-0.1, -0.05) is 30.3 Å². The molecule has 0 aromatic heterocycles. The number of aliphatic carboxylic acids is 1. The number of hydrogen-bond donors (Lipinski definition) is 1. The molecule has 130 valence electrons. The van der Waals surface area contributed by atoms with Gasteiger partial charge in [0.2, 0.25) is 0 Å². The van der Waals surface area contributed by atoms with Crippen molar-refractivity contribution in [2.45, 2.75) is 25.7 Å². The Morgan fingerprint density at radius 3 is 2.21 bits per heavy atom. The van der Waals surface area contributed by atoms with Gasteiger partial charge in [-0.3, -0.25) is 14.4 Å².